The van der Waals surface area contributed by atoms with Crippen LogP contribution in [0.5, 0.6) is 0 Å². The van der Waals surface area contributed by atoms with Gasteiger partial charge in [0.05, 0.1) is 12.7 Å². The second kappa shape index (κ2) is 8.56. The van der Waals surface area contributed by atoms with Crippen molar-refractivity contribution in [2.24, 2.45) is 0 Å². The summed E-state index contributed by atoms with van der Waals surface area (Å²) in [7, 11) is 1.31. The number of aromatic nitrogens is 1. The number of carbonyl (C=O) groups is 3. The number of rotatable bonds is 6. The fourth-order valence-corrected chi connectivity index (χ4v) is 3.08. The number of ether oxygens (including phenoxy) is 2. The van der Waals surface area contributed by atoms with Crippen molar-refractivity contribution in [1.29, 1.82) is 0 Å². The number of aromatic amines is 1. The average molecular weight is 391 g/mol. The summed E-state index contributed by atoms with van der Waals surface area (Å²) in [5, 5.41) is 0.805. The van der Waals surface area contributed by atoms with Gasteiger partial charge in [0.15, 0.2) is 6.10 Å². The Morgan fingerprint density at radius 3 is 2.41 bits per heavy atom. The summed E-state index contributed by atoms with van der Waals surface area (Å²) in [5.41, 5.74) is 3.26. The van der Waals surface area contributed by atoms with Crippen molar-refractivity contribution in [3.05, 3.63) is 77.0 Å². The summed E-state index contributed by atoms with van der Waals surface area (Å²) < 4.78 is 9.92. The molecule has 1 aromatic heterocycles. The Hall–Kier alpha value is -3.67. The molecule has 6 heteroatoms. The van der Waals surface area contributed by atoms with E-state index in [-0.39, 0.29) is 5.78 Å². The van der Waals surface area contributed by atoms with Gasteiger partial charge in [0, 0.05) is 28.2 Å². The van der Waals surface area contributed by atoms with E-state index < -0.39 is 18.0 Å². The standard InChI is InChI=1S/C23H21NO5/c1-14-21(18-6-4-5-7-19(18)24-14)22(26)15(2)29-20(25)13-10-16-8-11-17(12-9-16)23(27)28-3/h4-13,15,24H,1-3H3/b13-10+/t15-/m1/s1. The predicted molar refractivity (Wildman–Crippen MR) is 110 cm³/mol. The molecule has 0 unspecified atom stereocenters. The van der Waals surface area contributed by atoms with E-state index in [0.29, 0.717) is 16.7 Å². The Balaban J connectivity index is 1.67. The number of H-pyrrole nitrogens is 1. The highest BCUT2D eigenvalue weighted by Crippen LogP contribution is 2.23. The van der Waals surface area contributed by atoms with Crippen molar-refractivity contribution >= 4 is 34.7 Å². The molecule has 1 heterocycles. The Morgan fingerprint density at radius 2 is 1.72 bits per heavy atom. The quantitative estimate of drug-likeness (QED) is 0.389. The number of benzene rings is 2. The first-order valence-corrected chi connectivity index (χ1v) is 9.09. The molecule has 0 amide bonds. The second-order valence-corrected chi connectivity index (χ2v) is 6.56. The highest BCUT2D eigenvalue weighted by molar-refractivity contribution is 6.11. The third-order valence-corrected chi connectivity index (χ3v) is 4.55. The number of Topliss-reactive ketones (excluding diaryl/α,β-unsaturated/α-hetero) is 1. The topological polar surface area (TPSA) is 85.5 Å². The van der Waals surface area contributed by atoms with Crippen LogP contribution < -0.4 is 0 Å². The minimum absolute atomic E-state index is 0.260. The van der Waals surface area contributed by atoms with Gasteiger partial charge < -0.3 is 14.5 Å². The number of hydrogen-bond donors (Lipinski definition) is 1. The zero-order valence-corrected chi connectivity index (χ0v) is 16.4. The molecule has 0 radical (unpaired) electrons. The molecule has 0 fully saturated rings. The number of nitrogens with one attached hydrogen (secondary N) is 1. The van der Waals surface area contributed by atoms with Gasteiger partial charge in [0.25, 0.3) is 0 Å². The molecule has 148 valence electrons. The van der Waals surface area contributed by atoms with Crippen LogP contribution in [0.15, 0.2) is 54.6 Å². The van der Waals surface area contributed by atoms with Gasteiger partial charge in [-0.2, -0.15) is 0 Å². The number of para-hydroxylation sites is 1. The van der Waals surface area contributed by atoms with Crippen molar-refractivity contribution in [2.75, 3.05) is 7.11 Å². The molecule has 6 nitrogen and oxygen atoms in total. The van der Waals surface area contributed by atoms with Gasteiger partial charge in [-0.25, -0.2) is 9.59 Å². The van der Waals surface area contributed by atoms with E-state index in [2.05, 4.69) is 9.72 Å². The number of fused-ring (bicyclic) bond motifs is 1. The Bertz CT molecular complexity index is 1090. The number of hydrogen-bond acceptors (Lipinski definition) is 5. The fraction of sp³-hybridized carbons (Fsp3) is 0.174. The number of esters is 2. The SMILES string of the molecule is COC(=O)c1ccc(/C=C/C(=O)O[C@H](C)C(=O)c2c(C)[nH]c3ccccc23)cc1. The molecule has 1 N–H and O–H groups in total. The van der Waals surface area contributed by atoms with Crippen LogP contribution in [-0.4, -0.2) is 35.9 Å². The monoisotopic (exact) mass is 391 g/mol. The molecule has 0 aliphatic carbocycles. The van der Waals surface area contributed by atoms with Gasteiger partial charge in [-0.1, -0.05) is 30.3 Å². The Labute approximate surface area is 168 Å². The molecule has 1 atom stereocenters. The number of methoxy groups -OCH3 is 1. The first-order chi connectivity index (χ1) is 13.9. The van der Waals surface area contributed by atoms with Gasteiger partial charge in [0.1, 0.15) is 0 Å². The lowest BCUT2D eigenvalue weighted by Gasteiger charge is -2.11. The van der Waals surface area contributed by atoms with Crippen LogP contribution in [0.3, 0.4) is 0 Å². The molecule has 0 aliphatic heterocycles. The number of ketones is 1. The highest BCUT2D eigenvalue weighted by Gasteiger charge is 2.23. The second-order valence-electron chi connectivity index (χ2n) is 6.56. The third kappa shape index (κ3) is 4.43. The van der Waals surface area contributed by atoms with Gasteiger partial charge in [0.2, 0.25) is 5.78 Å². The van der Waals surface area contributed by atoms with E-state index in [4.69, 9.17) is 4.74 Å². The molecule has 0 bridgehead atoms. The Kier molecular flexibility index (Phi) is 5.93. The predicted octanol–water partition coefficient (Wildman–Crippen LogP) is 4.09. The molecule has 0 spiro atoms. The van der Waals surface area contributed by atoms with E-state index in [0.717, 1.165) is 16.6 Å². The lowest BCUT2D eigenvalue weighted by atomic mass is 10.0. The number of carbonyl (C=O) groups excluding carboxylic acids is 3. The van der Waals surface area contributed by atoms with Crippen LogP contribution in [0.2, 0.25) is 0 Å². The molecule has 3 aromatic rings. The summed E-state index contributed by atoms with van der Waals surface area (Å²) in [6.45, 7) is 3.38. The van der Waals surface area contributed by atoms with Crippen molar-refractivity contribution in [3.63, 3.8) is 0 Å². The van der Waals surface area contributed by atoms with Crippen LogP contribution in [0.4, 0.5) is 0 Å². The first kappa shape index (κ1) is 20.1. The normalized spacial score (nSPS) is 12.1. The van der Waals surface area contributed by atoms with Gasteiger partial charge in [-0.3, -0.25) is 4.79 Å². The van der Waals surface area contributed by atoms with E-state index in [1.807, 2.05) is 31.2 Å². The van der Waals surface area contributed by atoms with Crippen LogP contribution >= 0.6 is 0 Å². The third-order valence-electron chi connectivity index (χ3n) is 4.55. The summed E-state index contributed by atoms with van der Waals surface area (Å²) in [6, 6.07) is 14.1. The van der Waals surface area contributed by atoms with E-state index in [1.165, 1.54) is 13.2 Å². The van der Waals surface area contributed by atoms with Gasteiger partial charge in [-0.15, -0.1) is 0 Å². The van der Waals surface area contributed by atoms with Crippen molar-refractivity contribution < 1.29 is 23.9 Å². The minimum Gasteiger partial charge on any atom is -0.465 e. The summed E-state index contributed by atoms with van der Waals surface area (Å²) in [5.74, 6) is -1.32. The maximum atomic E-state index is 12.8. The van der Waals surface area contributed by atoms with Gasteiger partial charge in [-0.05, 0) is 43.7 Å². The van der Waals surface area contributed by atoms with Crippen molar-refractivity contribution in [1.82, 2.24) is 4.98 Å². The zero-order chi connectivity index (χ0) is 21.0. The van der Waals surface area contributed by atoms with Crippen molar-refractivity contribution in [3.8, 4) is 0 Å². The summed E-state index contributed by atoms with van der Waals surface area (Å²) >= 11 is 0. The lowest BCUT2D eigenvalue weighted by Crippen LogP contribution is -2.24. The largest absolute Gasteiger partial charge is 0.465 e. The van der Waals surface area contributed by atoms with E-state index >= 15 is 0 Å². The summed E-state index contributed by atoms with van der Waals surface area (Å²) in [6.07, 6.45) is 1.88. The fourth-order valence-electron chi connectivity index (χ4n) is 3.08. The molecular formula is C23H21NO5. The molecule has 0 aliphatic rings. The first-order valence-electron chi connectivity index (χ1n) is 9.09. The van der Waals surface area contributed by atoms with Crippen LogP contribution in [-0.2, 0) is 14.3 Å². The maximum Gasteiger partial charge on any atom is 0.337 e. The minimum atomic E-state index is -0.924. The van der Waals surface area contributed by atoms with Crippen LogP contribution in [0.25, 0.3) is 17.0 Å². The van der Waals surface area contributed by atoms with Crippen molar-refractivity contribution in [2.45, 2.75) is 20.0 Å². The lowest BCUT2D eigenvalue weighted by molar-refractivity contribution is -0.140. The highest BCUT2D eigenvalue weighted by atomic mass is 16.5. The maximum absolute atomic E-state index is 12.8. The molecule has 0 saturated heterocycles. The van der Waals surface area contributed by atoms with E-state index in [1.54, 1.807) is 37.3 Å². The Morgan fingerprint density at radius 1 is 1.03 bits per heavy atom. The molecular weight excluding hydrogens is 370 g/mol. The van der Waals surface area contributed by atoms with Gasteiger partial charge >= 0.3 is 11.9 Å². The average Bonchev–Trinajstić information content (AvgIpc) is 3.07. The zero-order valence-electron chi connectivity index (χ0n) is 16.4. The molecule has 3 rings (SSSR count). The molecule has 29 heavy (non-hydrogen) atoms. The molecule has 0 saturated carbocycles. The van der Waals surface area contributed by atoms with Crippen LogP contribution in [0.1, 0.15) is 38.9 Å². The number of aryl methyl sites for hydroxylation is 1. The molecule has 2 aromatic carbocycles. The van der Waals surface area contributed by atoms with E-state index in [9.17, 15) is 14.4 Å². The summed E-state index contributed by atoms with van der Waals surface area (Å²) in [4.78, 5) is 39.5. The smallest absolute Gasteiger partial charge is 0.337 e. The van der Waals surface area contributed by atoms with Crippen LogP contribution in [0, 0.1) is 6.92 Å².